The van der Waals surface area contributed by atoms with Crippen LogP contribution in [0.15, 0.2) is 42.6 Å². The van der Waals surface area contributed by atoms with E-state index < -0.39 is 5.97 Å². The summed E-state index contributed by atoms with van der Waals surface area (Å²) in [6.45, 7) is 2.10. The second-order valence-electron chi connectivity index (χ2n) is 8.63. The molecule has 0 spiro atoms. The molecule has 0 saturated heterocycles. The Morgan fingerprint density at radius 3 is 2.62 bits per heavy atom. The van der Waals surface area contributed by atoms with Crippen molar-refractivity contribution in [3.63, 3.8) is 0 Å². The SMILES string of the molecule is CCC(c1ccc(C(=O)O)cc1OC)c1c[nH]c2ccc(NC(=O)CC3CCCC3)cc12. The number of fused-ring (bicyclic) bond motifs is 1. The first-order chi connectivity index (χ1) is 15.5. The molecule has 6 nitrogen and oxygen atoms in total. The van der Waals surface area contributed by atoms with E-state index in [1.54, 1.807) is 19.2 Å². The van der Waals surface area contributed by atoms with Crippen molar-refractivity contribution in [1.82, 2.24) is 4.98 Å². The third-order valence-electron chi connectivity index (χ3n) is 6.59. The Morgan fingerprint density at radius 1 is 1.16 bits per heavy atom. The number of H-pyrrole nitrogens is 1. The van der Waals surface area contributed by atoms with Crippen LogP contribution >= 0.6 is 0 Å². The summed E-state index contributed by atoms with van der Waals surface area (Å²) in [5.74, 6) is 0.185. The van der Waals surface area contributed by atoms with Crippen LogP contribution in [0, 0.1) is 5.92 Å². The second kappa shape index (κ2) is 9.47. The number of carbonyl (C=O) groups excluding carboxylic acids is 1. The van der Waals surface area contributed by atoms with Crippen LogP contribution in [0.5, 0.6) is 5.75 Å². The number of aromatic carboxylic acids is 1. The van der Waals surface area contributed by atoms with Gasteiger partial charge in [-0.15, -0.1) is 0 Å². The van der Waals surface area contributed by atoms with Gasteiger partial charge in [-0.1, -0.05) is 25.8 Å². The molecular weight excluding hydrogens is 404 g/mol. The summed E-state index contributed by atoms with van der Waals surface area (Å²) < 4.78 is 5.54. The number of aromatic nitrogens is 1. The molecule has 1 aliphatic carbocycles. The molecule has 3 N–H and O–H groups in total. The van der Waals surface area contributed by atoms with E-state index in [9.17, 15) is 14.7 Å². The molecular formula is C26H30N2O4. The smallest absolute Gasteiger partial charge is 0.335 e. The van der Waals surface area contributed by atoms with Crippen LogP contribution in [0.3, 0.4) is 0 Å². The number of methoxy groups -OCH3 is 1. The van der Waals surface area contributed by atoms with E-state index in [1.807, 2.05) is 30.5 Å². The van der Waals surface area contributed by atoms with Gasteiger partial charge in [0.2, 0.25) is 5.91 Å². The highest BCUT2D eigenvalue weighted by molar-refractivity contribution is 5.95. The minimum atomic E-state index is -0.979. The number of aromatic amines is 1. The van der Waals surface area contributed by atoms with E-state index in [0.717, 1.165) is 47.0 Å². The highest BCUT2D eigenvalue weighted by Crippen LogP contribution is 2.39. The molecule has 3 aromatic rings. The van der Waals surface area contributed by atoms with E-state index in [2.05, 4.69) is 17.2 Å². The molecule has 2 aromatic carbocycles. The van der Waals surface area contributed by atoms with Crippen LogP contribution in [0.1, 0.15) is 72.9 Å². The van der Waals surface area contributed by atoms with Gasteiger partial charge in [0, 0.05) is 40.7 Å². The normalized spacial score (nSPS) is 15.1. The molecule has 1 heterocycles. The quantitative estimate of drug-likeness (QED) is 0.409. The molecule has 0 bridgehead atoms. The molecule has 32 heavy (non-hydrogen) atoms. The number of hydrogen-bond donors (Lipinski definition) is 3. The third-order valence-corrected chi connectivity index (χ3v) is 6.59. The Hall–Kier alpha value is -3.28. The Morgan fingerprint density at radius 2 is 1.94 bits per heavy atom. The molecule has 6 heteroatoms. The molecule has 4 rings (SSSR count). The molecule has 1 aromatic heterocycles. The number of amides is 1. The summed E-state index contributed by atoms with van der Waals surface area (Å²) in [5, 5.41) is 13.4. The van der Waals surface area contributed by atoms with Crippen LogP contribution in [-0.4, -0.2) is 29.1 Å². The van der Waals surface area contributed by atoms with Crippen molar-refractivity contribution < 1.29 is 19.4 Å². The molecule has 168 valence electrons. The molecule has 1 unspecified atom stereocenters. The van der Waals surface area contributed by atoms with Crippen LogP contribution < -0.4 is 10.1 Å². The molecule has 0 radical (unpaired) electrons. The molecule has 1 aliphatic rings. The van der Waals surface area contributed by atoms with Gasteiger partial charge in [-0.05, 0) is 61.1 Å². The highest BCUT2D eigenvalue weighted by Gasteiger charge is 2.22. The first-order valence-corrected chi connectivity index (χ1v) is 11.3. The number of carboxylic acid groups (broad SMARTS) is 1. The Balaban J connectivity index is 1.63. The van der Waals surface area contributed by atoms with Crippen molar-refractivity contribution in [2.45, 2.75) is 51.4 Å². The monoisotopic (exact) mass is 434 g/mol. The van der Waals surface area contributed by atoms with Gasteiger partial charge in [-0.2, -0.15) is 0 Å². The average molecular weight is 435 g/mol. The fourth-order valence-electron chi connectivity index (χ4n) is 4.94. The van der Waals surface area contributed by atoms with E-state index in [-0.39, 0.29) is 17.4 Å². The zero-order chi connectivity index (χ0) is 22.7. The minimum absolute atomic E-state index is 0.0194. The van der Waals surface area contributed by atoms with Gasteiger partial charge < -0.3 is 20.1 Å². The second-order valence-corrected chi connectivity index (χ2v) is 8.63. The topological polar surface area (TPSA) is 91.4 Å². The lowest BCUT2D eigenvalue weighted by molar-refractivity contribution is -0.117. The summed E-state index contributed by atoms with van der Waals surface area (Å²) in [6, 6.07) is 11.0. The van der Waals surface area contributed by atoms with Crippen molar-refractivity contribution in [1.29, 1.82) is 0 Å². The van der Waals surface area contributed by atoms with Crippen LogP contribution in [-0.2, 0) is 4.79 Å². The van der Waals surface area contributed by atoms with Gasteiger partial charge in [0.05, 0.1) is 12.7 Å². The van der Waals surface area contributed by atoms with Crippen molar-refractivity contribution in [2.75, 3.05) is 12.4 Å². The van der Waals surface area contributed by atoms with E-state index in [1.165, 1.54) is 12.8 Å². The van der Waals surface area contributed by atoms with Crippen molar-refractivity contribution in [3.8, 4) is 5.75 Å². The fraction of sp³-hybridized carbons (Fsp3) is 0.385. The lowest BCUT2D eigenvalue weighted by Gasteiger charge is -2.19. The Kier molecular flexibility index (Phi) is 6.49. The number of benzene rings is 2. The summed E-state index contributed by atoms with van der Waals surface area (Å²) in [6.07, 6.45) is 8.15. The summed E-state index contributed by atoms with van der Waals surface area (Å²) in [4.78, 5) is 27.2. The van der Waals surface area contributed by atoms with E-state index >= 15 is 0 Å². The van der Waals surface area contributed by atoms with Gasteiger partial charge in [0.1, 0.15) is 5.75 Å². The van der Waals surface area contributed by atoms with Crippen LogP contribution in [0.4, 0.5) is 5.69 Å². The molecule has 1 saturated carbocycles. The number of ether oxygens (including phenoxy) is 1. The number of rotatable bonds is 8. The molecule has 1 atom stereocenters. The number of hydrogen-bond acceptors (Lipinski definition) is 3. The zero-order valence-corrected chi connectivity index (χ0v) is 18.6. The maximum atomic E-state index is 12.5. The highest BCUT2D eigenvalue weighted by atomic mass is 16.5. The van der Waals surface area contributed by atoms with Crippen LogP contribution in [0.2, 0.25) is 0 Å². The summed E-state index contributed by atoms with van der Waals surface area (Å²) >= 11 is 0. The molecule has 1 fully saturated rings. The predicted molar refractivity (Wildman–Crippen MR) is 126 cm³/mol. The molecule has 0 aliphatic heterocycles. The predicted octanol–water partition coefficient (Wildman–Crippen LogP) is 5.94. The Labute approximate surface area is 188 Å². The van der Waals surface area contributed by atoms with Gasteiger partial charge in [-0.3, -0.25) is 4.79 Å². The van der Waals surface area contributed by atoms with E-state index in [4.69, 9.17) is 4.74 Å². The lowest BCUT2D eigenvalue weighted by Crippen LogP contribution is -2.15. The van der Waals surface area contributed by atoms with Crippen molar-refractivity contribution in [3.05, 3.63) is 59.3 Å². The molecule has 1 amide bonds. The zero-order valence-electron chi connectivity index (χ0n) is 18.6. The lowest BCUT2D eigenvalue weighted by atomic mass is 9.87. The van der Waals surface area contributed by atoms with Gasteiger partial charge in [-0.25, -0.2) is 4.79 Å². The number of carboxylic acids is 1. The fourth-order valence-corrected chi connectivity index (χ4v) is 4.94. The van der Waals surface area contributed by atoms with Gasteiger partial charge >= 0.3 is 5.97 Å². The van der Waals surface area contributed by atoms with Gasteiger partial charge in [0.25, 0.3) is 0 Å². The standard InChI is InChI=1S/C26H30N2O4/c1-3-19(20-10-8-17(26(30)31)13-24(20)32-2)22-15-27-23-11-9-18(14-21(22)23)28-25(29)12-16-6-4-5-7-16/h8-11,13-16,19,27H,3-7,12H2,1-2H3,(H,28,29)(H,30,31). The summed E-state index contributed by atoms with van der Waals surface area (Å²) in [5.41, 5.74) is 4.02. The minimum Gasteiger partial charge on any atom is -0.496 e. The van der Waals surface area contributed by atoms with E-state index in [0.29, 0.717) is 18.1 Å². The largest absolute Gasteiger partial charge is 0.496 e. The number of nitrogens with one attached hydrogen (secondary N) is 2. The van der Waals surface area contributed by atoms with Crippen LogP contribution in [0.25, 0.3) is 10.9 Å². The maximum absolute atomic E-state index is 12.5. The maximum Gasteiger partial charge on any atom is 0.335 e. The number of carbonyl (C=O) groups is 2. The third kappa shape index (κ3) is 4.49. The number of anilines is 1. The van der Waals surface area contributed by atoms with Crippen molar-refractivity contribution in [2.24, 2.45) is 5.92 Å². The Bertz CT molecular complexity index is 1130. The first-order valence-electron chi connectivity index (χ1n) is 11.3. The summed E-state index contributed by atoms with van der Waals surface area (Å²) in [7, 11) is 1.56. The first kappa shape index (κ1) is 21.9. The average Bonchev–Trinajstić information content (AvgIpc) is 3.44. The van der Waals surface area contributed by atoms with Gasteiger partial charge in [0.15, 0.2) is 0 Å². The van der Waals surface area contributed by atoms with Crippen molar-refractivity contribution >= 4 is 28.5 Å².